The van der Waals surface area contributed by atoms with Crippen LogP contribution in [0.5, 0.6) is 0 Å². The van der Waals surface area contributed by atoms with Crippen molar-refractivity contribution in [2.45, 2.75) is 89.2 Å². The van der Waals surface area contributed by atoms with Gasteiger partial charge in [-0.3, -0.25) is 9.80 Å². The van der Waals surface area contributed by atoms with Gasteiger partial charge in [-0.25, -0.2) is 0 Å². The summed E-state index contributed by atoms with van der Waals surface area (Å²) in [5.41, 5.74) is 0. The van der Waals surface area contributed by atoms with E-state index in [1.807, 2.05) is 7.11 Å². The van der Waals surface area contributed by atoms with Gasteiger partial charge in [0.05, 0.1) is 6.10 Å². The van der Waals surface area contributed by atoms with Crippen LogP contribution in [-0.2, 0) is 4.74 Å². The molecule has 0 radical (unpaired) electrons. The van der Waals surface area contributed by atoms with Gasteiger partial charge in [-0.05, 0) is 57.0 Å². The van der Waals surface area contributed by atoms with E-state index in [1.54, 1.807) is 6.42 Å². The summed E-state index contributed by atoms with van der Waals surface area (Å²) in [5.74, 6) is 2.10. The Morgan fingerprint density at radius 2 is 1.21 bits per heavy atom. The molecule has 0 bridgehead atoms. The third kappa shape index (κ3) is 6.41. The lowest BCUT2D eigenvalue weighted by atomic mass is 9.80. The van der Waals surface area contributed by atoms with Gasteiger partial charge < -0.3 is 9.64 Å². The zero-order valence-electron chi connectivity index (χ0n) is 19.2. The summed E-state index contributed by atoms with van der Waals surface area (Å²) in [5, 5.41) is 0. The van der Waals surface area contributed by atoms with Gasteiger partial charge in [0.1, 0.15) is 0 Å². The van der Waals surface area contributed by atoms with E-state index < -0.39 is 0 Å². The van der Waals surface area contributed by atoms with Gasteiger partial charge in [0, 0.05) is 52.4 Å². The predicted octanol–water partition coefficient (Wildman–Crippen LogP) is 4.24. The van der Waals surface area contributed by atoms with Crippen molar-refractivity contribution in [3.8, 4) is 0 Å². The number of hydrogen-bond acceptors (Lipinski definition) is 4. The third-order valence-corrected chi connectivity index (χ3v) is 8.68. The largest absolute Gasteiger partial charge is 0.380 e. The van der Waals surface area contributed by atoms with Crippen LogP contribution in [0.3, 0.4) is 0 Å². The van der Waals surface area contributed by atoms with Crippen molar-refractivity contribution in [3.05, 3.63) is 0 Å². The van der Waals surface area contributed by atoms with Crippen molar-refractivity contribution in [1.29, 1.82) is 0 Å². The van der Waals surface area contributed by atoms with E-state index in [1.165, 1.54) is 123 Å². The molecule has 4 rings (SSSR count). The summed E-state index contributed by atoms with van der Waals surface area (Å²) >= 11 is 0. The molecule has 0 amide bonds. The molecule has 2 aliphatic heterocycles. The Morgan fingerprint density at radius 1 is 0.621 bits per heavy atom. The minimum absolute atomic E-state index is 0.477. The van der Waals surface area contributed by atoms with E-state index in [-0.39, 0.29) is 0 Å². The monoisotopic (exact) mass is 405 g/mol. The predicted molar refractivity (Wildman–Crippen MR) is 121 cm³/mol. The van der Waals surface area contributed by atoms with Gasteiger partial charge in [-0.15, -0.1) is 0 Å². The van der Waals surface area contributed by atoms with Crippen molar-refractivity contribution < 1.29 is 4.74 Å². The molecule has 0 aromatic carbocycles. The first kappa shape index (κ1) is 22.0. The normalized spacial score (nSPS) is 32.6. The molecule has 2 unspecified atom stereocenters. The number of piperazine rings is 1. The minimum Gasteiger partial charge on any atom is -0.380 e. The number of methoxy groups -OCH3 is 1. The minimum atomic E-state index is 0.477. The fourth-order valence-electron chi connectivity index (χ4n) is 6.71. The van der Waals surface area contributed by atoms with Gasteiger partial charge >= 0.3 is 0 Å². The van der Waals surface area contributed by atoms with Crippen LogP contribution in [0.1, 0.15) is 77.0 Å². The maximum atomic E-state index is 5.81. The van der Waals surface area contributed by atoms with E-state index in [4.69, 9.17) is 4.74 Å². The summed E-state index contributed by atoms with van der Waals surface area (Å²) in [6.45, 7) is 10.3. The van der Waals surface area contributed by atoms with Crippen LogP contribution >= 0.6 is 0 Å². The molecule has 4 aliphatic rings. The molecule has 168 valence electrons. The molecule has 2 saturated heterocycles. The Labute approximate surface area is 180 Å². The Balaban J connectivity index is 1.10. The first-order valence-electron chi connectivity index (χ1n) is 13.0. The highest BCUT2D eigenvalue weighted by Gasteiger charge is 2.32. The number of nitrogens with zero attached hydrogens (tertiary/aromatic N) is 3. The maximum Gasteiger partial charge on any atom is 0.0726 e. The third-order valence-electron chi connectivity index (χ3n) is 8.68. The molecule has 0 aromatic rings. The van der Waals surface area contributed by atoms with Crippen LogP contribution in [-0.4, -0.2) is 86.3 Å². The Morgan fingerprint density at radius 3 is 1.90 bits per heavy atom. The molecule has 0 N–H and O–H groups in total. The van der Waals surface area contributed by atoms with Crippen LogP contribution in [0.4, 0.5) is 0 Å². The van der Waals surface area contributed by atoms with Gasteiger partial charge in [0.2, 0.25) is 0 Å². The zero-order chi connectivity index (χ0) is 19.9. The van der Waals surface area contributed by atoms with Gasteiger partial charge in [0.25, 0.3) is 0 Å². The zero-order valence-corrected chi connectivity index (χ0v) is 19.2. The second-order valence-corrected chi connectivity index (χ2v) is 10.5. The van der Waals surface area contributed by atoms with Crippen LogP contribution in [0.15, 0.2) is 0 Å². The molecule has 0 aromatic heterocycles. The number of hydrogen-bond donors (Lipinski definition) is 0. The molecule has 29 heavy (non-hydrogen) atoms. The van der Waals surface area contributed by atoms with E-state index >= 15 is 0 Å². The highest BCUT2D eigenvalue weighted by Crippen LogP contribution is 2.33. The highest BCUT2D eigenvalue weighted by atomic mass is 16.5. The summed E-state index contributed by atoms with van der Waals surface area (Å²) in [6.07, 6.45) is 17.8. The molecule has 4 fully saturated rings. The van der Waals surface area contributed by atoms with Crippen molar-refractivity contribution in [1.82, 2.24) is 14.7 Å². The van der Waals surface area contributed by atoms with Crippen LogP contribution in [0, 0.1) is 11.8 Å². The molecule has 2 saturated carbocycles. The molecule has 0 spiro atoms. The average Bonchev–Trinajstić information content (AvgIpc) is 2.80. The lowest BCUT2D eigenvalue weighted by Crippen LogP contribution is -2.55. The van der Waals surface area contributed by atoms with Crippen LogP contribution in [0.2, 0.25) is 0 Å². The van der Waals surface area contributed by atoms with Crippen molar-refractivity contribution in [2.75, 3.05) is 59.5 Å². The fourth-order valence-corrected chi connectivity index (χ4v) is 6.71. The molecule has 2 atom stereocenters. The fraction of sp³-hybridized carbons (Fsp3) is 1.00. The van der Waals surface area contributed by atoms with E-state index in [0.29, 0.717) is 12.1 Å². The summed E-state index contributed by atoms with van der Waals surface area (Å²) in [4.78, 5) is 8.21. The molecule has 4 heteroatoms. The lowest BCUT2D eigenvalue weighted by molar-refractivity contribution is -0.0279. The molecule has 2 aliphatic carbocycles. The van der Waals surface area contributed by atoms with Gasteiger partial charge in [0.15, 0.2) is 0 Å². The van der Waals surface area contributed by atoms with E-state index in [0.717, 1.165) is 11.8 Å². The van der Waals surface area contributed by atoms with E-state index in [2.05, 4.69) is 14.7 Å². The van der Waals surface area contributed by atoms with Gasteiger partial charge in [-0.1, -0.05) is 44.9 Å². The average molecular weight is 406 g/mol. The quantitative estimate of drug-likeness (QED) is 0.630. The Kier molecular flexibility index (Phi) is 8.71. The first-order chi connectivity index (χ1) is 14.3. The number of ether oxygens (including phenoxy) is 1. The molecule has 4 nitrogen and oxygen atoms in total. The standard InChI is InChI=1S/C25H47N3O/c1-29-25-10-6-5-9-24(25)28-19-17-27(18-20-28)16-15-26-13-11-23(12-14-26)21-22-7-3-2-4-8-22/h22-25H,2-21H2,1H3. The van der Waals surface area contributed by atoms with Crippen molar-refractivity contribution in [3.63, 3.8) is 0 Å². The second kappa shape index (κ2) is 11.5. The molecule has 2 heterocycles. The first-order valence-corrected chi connectivity index (χ1v) is 13.0. The van der Waals surface area contributed by atoms with Gasteiger partial charge in [-0.2, -0.15) is 0 Å². The van der Waals surface area contributed by atoms with Crippen molar-refractivity contribution >= 4 is 0 Å². The van der Waals surface area contributed by atoms with Crippen LogP contribution in [0.25, 0.3) is 0 Å². The van der Waals surface area contributed by atoms with E-state index in [9.17, 15) is 0 Å². The number of piperidine rings is 1. The van der Waals surface area contributed by atoms with Crippen LogP contribution < -0.4 is 0 Å². The topological polar surface area (TPSA) is 19.0 Å². The SMILES string of the molecule is COC1CCCCC1N1CCN(CCN2CCC(CC3CCCCC3)CC2)CC1. The number of rotatable bonds is 7. The summed E-state index contributed by atoms with van der Waals surface area (Å²) in [7, 11) is 1.91. The summed E-state index contributed by atoms with van der Waals surface area (Å²) < 4.78 is 5.81. The second-order valence-electron chi connectivity index (χ2n) is 10.5. The highest BCUT2D eigenvalue weighted by molar-refractivity contribution is 4.87. The Hall–Kier alpha value is -0.160. The Bertz CT molecular complexity index is 451. The summed E-state index contributed by atoms with van der Waals surface area (Å²) in [6, 6.07) is 0.680. The number of likely N-dealkylation sites (tertiary alicyclic amines) is 1. The molecular weight excluding hydrogens is 358 g/mol. The lowest BCUT2D eigenvalue weighted by Gasteiger charge is -2.44. The van der Waals surface area contributed by atoms with Crippen molar-refractivity contribution in [2.24, 2.45) is 11.8 Å². The maximum absolute atomic E-state index is 5.81. The smallest absolute Gasteiger partial charge is 0.0726 e. The molecular formula is C25H47N3O.